The lowest BCUT2D eigenvalue weighted by molar-refractivity contribution is -0.138. The van der Waals surface area contributed by atoms with Gasteiger partial charge < -0.3 is 10.6 Å². The molecule has 0 aliphatic carbocycles. The number of hydrogen-bond donors (Lipinski definition) is 1. The zero-order valence-electron chi connectivity index (χ0n) is 14.2. The van der Waals surface area contributed by atoms with Gasteiger partial charge in [-0.3, -0.25) is 9.69 Å². The van der Waals surface area contributed by atoms with Gasteiger partial charge in [0.25, 0.3) is 0 Å². The Bertz CT molecular complexity index is 320. The molecule has 0 radical (unpaired) electrons. The predicted octanol–water partition coefficient (Wildman–Crippen LogP) is 1.94. The van der Waals surface area contributed by atoms with Crippen molar-refractivity contribution in [3.05, 3.63) is 0 Å². The van der Waals surface area contributed by atoms with E-state index in [9.17, 15) is 4.79 Å². The summed E-state index contributed by atoms with van der Waals surface area (Å²) in [6.07, 6.45) is 0.863. The first-order chi connectivity index (χ1) is 9.04. The van der Waals surface area contributed by atoms with Gasteiger partial charge in [-0.15, -0.1) is 0 Å². The highest BCUT2D eigenvalue weighted by Gasteiger charge is 2.32. The van der Waals surface area contributed by atoms with Crippen LogP contribution in [0.3, 0.4) is 0 Å². The van der Waals surface area contributed by atoms with Gasteiger partial charge in [-0.2, -0.15) is 0 Å². The Labute approximate surface area is 124 Å². The van der Waals surface area contributed by atoms with Gasteiger partial charge in [0.15, 0.2) is 0 Å². The minimum atomic E-state index is -0.0313. The third-order valence-corrected chi connectivity index (χ3v) is 4.03. The van der Waals surface area contributed by atoms with Gasteiger partial charge in [0.05, 0.1) is 5.92 Å². The number of carbonyl (C=O) groups is 1. The maximum absolute atomic E-state index is 12.6. The highest BCUT2D eigenvalue weighted by atomic mass is 16.2. The van der Waals surface area contributed by atoms with Gasteiger partial charge in [0, 0.05) is 38.3 Å². The maximum Gasteiger partial charge on any atom is 0.227 e. The molecule has 1 heterocycles. The van der Waals surface area contributed by atoms with E-state index in [2.05, 4.69) is 46.4 Å². The van der Waals surface area contributed by atoms with Crippen LogP contribution in [-0.2, 0) is 4.79 Å². The Balaban J connectivity index is 2.57. The van der Waals surface area contributed by atoms with Crippen molar-refractivity contribution in [1.29, 1.82) is 0 Å². The van der Waals surface area contributed by atoms with Crippen LogP contribution in [0.15, 0.2) is 0 Å². The smallest absolute Gasteiger partial charge is 0.227 e. The van der Waals surface area contributed by atoms with Gasteiger partial charge in [-0.25, -0.2) is 0 Å². The molecule has 4 nitrogen and oxygen atoms in total. The van der Waals surface area contributed by atoms with Crippen LogP contribution < -0.4 is 5.73 Å². The zero-order chi connectivity index (χ0) is 15.6. The predicted molar refractivity (Wildman–Crippen MR) is 84.5 cm³/mol. The van der Waals surface area contributed by atoms with Crippen molar-refractivity contribution in [2.24, 2.45) is 17.1 Å². The van der Waals surface area contributed by atoms with E-state index in [1.807, 2.05) is 4.90 Å². The number of hydrogen-bond acceptors (Lipinski definition) is 3. The summed E-state index contributed by atoms with van der Waals surface area (Å²) in [5, 5.41) is 0. The normalized spacial score (nSPS) is 20.1. The lowest BCUT2D eigenvalue weighted by atomic mass is 9.84. The van der Waals surface area contributed by atoms with E-state index in [1.165, 1.54) is 0 Å². The highest BCUT2D eigenvalue weighted by molar-refractivity contribution is 5.79. The topological polar surface area (TPSA) is 49.6 Å². The molecule has 4 heteroatoms. The summed E-state index contributed by atoms with van der Waals surface area (Å²) in [6.45, 7) is 17.2. The summed E-state index contributed by atoms with van der Waals surface area (Å²) >= 11 is 0. The molecule has 1 fully saturated rings. The van der Waals surface area contributed by atoms with Crippen LogP contribution in [-0.4, -0.2) is 54.0 Å². The van der Waals surface area contributed by atoms with Crippen LogP contribution in [0.1, 0.15) is 48.0 Å². The van der Waals surface area contributed by atoms with Gasteiger partial charge in [-0.1, -0.05) is 20.8 Å². The largest absolute Gasteiger partial charge is 0.340 e. The van der Waals surface area contributed by atoms with E-state index in [0.29, 0.717) is 6.54 Å². The molecule has 1 atom stereocenters. The molecule has 0 spiro atoms. The van der Waals surface area contributed by atoms with E-state index in [4.69, 9.17) is 5.73 Å². The average Bonchev–Trinajstić information content (AvgIpc) is 2.33. The number of nitrogens with zero attached hydrogens (tertiary/aromatic N) is 2. The minimum Gasteiger partial charge on any atom is -0.340 e. The summed E-state index contributed by atoms with van der Waals surface area (Å²) in [4.78, 5) is 17.0. The van der Waals surface area contributed by atoms with Gasteiger partial charge in [0.2, 0.25) is 5.91 Å². The lowest BCUT2D eigenvalue weighted by Gasteiger charge is -2.43. The minimum absolute atomic E-state index is 0.0313. The van der Waals surface area contributed by atoms with Crippen LogP contribution in [0.5, 0.6) is 0 Å². The molecule has 1 amide bonds. The van der Waals surface area contributed by atoms with Crippen molar-refractivity contribution >= 4 is 5.91 Å². The fourth-order valence-electron chi connectivity index (χ4n) is 2.87. The Kier molecular flexibility index (Phi) is 5.61. The first kappa shape index (κ1) is 17.4. The van der Waals surface area contributed by atoms with Crippen molar-refractivity contribution in [2.75, 3.05) is 32.7 Å². The Morgan fingerprint density at radius 3 is 1.90 bits per heavy atom. The highest BCUT2D eigenvalue weighted by Crippen LogP contribution is 2.26. The Morgan fingerprint density at radius 2 is 1.55 bits per heavy atom. The molecule has 1 saturated heterocycles. The maximum atomic E-state index is 12.6. The quantitative estimate of drug-likeness (QED) is 0.861. The van der Waals surface area contributed by atoms with Crippen molar-refractivity contribution in [3.63, 3.8) is 0 Å². The van der Waals surface area contributed by atoms with E-state index in [-0.39, 0.29) is 22.8 Å². The molecule has 0 bridgehead atoms. The van der Waals surface area contributed by atoms with E-state index < -0.39 is 0 Å². The molecule has 0 saturated carbocycles. The Morgan fingerprint density at radius 1 is 1.05 bits per heavy atom. The second-order valence-corrected chi connectivity index (χ2v) is 8.18. The van der Waals surface area contributed by atoms with E-state index >= 15 is 0 Å². The van der Waals surface area contributed by atoms with Crippen LogP contribution in [0.2, 0.25) is 0 Å². The van der Waals surface area contributed by atoms with Crippen LogP contribution in [0, 0.1) is 11.3 Å². The first-order valence-corrected chi connectivity index (χ1v) is 7.78. The lowest BCUT2D eigenvalue weighted by Crippen LogP contribution is -2.56. The van der Waals surface area contributed by atoms with Gasteiger partial charge >= 0.3 is 0 Å². The third kappa shape index (κ3) is 5.06. The molecule has 1 aliphatic heterocycles. The Hall–Kier alpha value is -0.610. The second-order valence-electron chi connectivity index (χ2n) is 8.18. The zero-order valence-corrected chi connectivity index (χ0v) is 14.2. The molecule has 1 aliphatic rings. The average molecular weight is 283 g/mol. The second kappa shape index (κ2) is 6.44. The molecule has 2 N–H and O–H groups in total. The number of nitrogens with two attached hydrogens (primary N) is 1. The number of piperazine rings is 1. The molecule has 20 heavy (non-hydrogen) atoms. The van der Waals surface area contributed by atoms with Gasteiger partial charge in [0.1, 0.15) is 0 Å². The molecular formula is C16H33N3O. The van der Waals surface area contributed by atoms with Crippen LogP contribution in [0.4, 0.5) is 0 Å². The molecule has 1 rings (SSSR count). The molecule has 0 aromatic heterocycles. The summed E-state index contributed by atoms with van der Waals surface area (Å²) in [5.74, 6) is 0.215. The van der Waals surface area contributed by atoms with Crippen molar-refractivity contribution in [3.8, 4) is 0 Å². The van der Waals surface area contributed by atoms with Crippen molar-refractivity contribution < 1.29 is 4.79 Å². The molecule has 0 aromatic carbocycles. The molecule has 1 unspecified atom stereocenters. The molecule has 118 valence electrons. The standard InChI is InChI=1S/C16H33N3O/c1-15(2,3)11-13(12-17)14(20)18-7-9-19(10-8-18)16(4,5)6/h13H,7-12,17H2,1-6H3. The van der Waals surface area contributed by atoms with E-state index in [1.54, 1.807) is 0 Å². The van der Waals surface area contributed by atoms with E-state index in [0.717, 1.165) is 32.6 Å². The monoisotopic (exact) mass is 283 g/mol. The number of rotatable bonds is 3. The summed E-state index contributed by atoms with van der Waals surface area (Å²) < 4.78 is 0. The third-order valence-electron chi connectivity index (χ3n) is 4.03. The van der Waals surface area contributed by atoms with Crippen molar-refractivity contribution in [1.82, 2.24) is 9.80 Å². The van der Waals surface area contributed by atoms with Crippen LogP contribution >= 0.6 is 0 Å². The molecular weight excluding hydrogens is 250 g/mol. The number of carbonyl (C=O) groups excluding carboxylic acids is 1. The molecule has 0 aromatic rings. The number of amides is 1. The summed E-state index contributed by atoms with van der Waals surface area (Å²) in [6, 6.07) is 0. The summed E-state index contributed by atoms with van der Waals surface area (Å²) in [7, 11) is 0. The summed E-state index contributed by atoms with van der Waals surface area (Å²) in [5.41, 5.74) is 6.16. The SMILES string of the molecule is CC(C)(C)CC(CN)C(=O)N1CCN(C(C)(C)C)CC1. The van der Waals surface area contributed by atoms with Gasteiger partial charge in [-0.05, 0) is 32.6 Å². The fourth-order valence-corrected chi connectivity index (χ4v) is 2.87. The first-order valence-electron chi connectivity index (χ1n) is 7.78. The van der Waals surface area contributed by atoms with Crippen LogP contribution in [0.25, 0.3) is 0 Å². The van der Waals surface area contributed by atoms with Crippen molar-refractivity contribution in [2.45, 2.75) is 53.5 Å². The fraction of sp³-hybridized carbons (Fsp3) is 0.938.